The van der Waals surface area contributed by atoms with Gasteiger partial charge in [-0.2, -0.15) is 12.6 Å². The van der Waals surface area contributed by atoms with Crippen molar-refractivity contribution in [3.63, 3.8) is 0 Å². The first kappa shape index (κ1) is 13.3. The maximum Gasteiger partial charge on any atom is 0.327 e. The Hall–Kier alpha value is -0.760. The van der Waals surface area contributed by atoms with Crippen molar-refractivity contribution in [2.45, 2.75) is 13.0 Å². The van der Waals surface area contributed by atoms with E-state index in [4.69, 9.17) is 5.11 Å². The summed E-state index contributed by atoms with van der Waals surface area (Å²) in [7, 11) is -3.48. The Balaban J connectivity index is 2.94. The predicted molar refractivity (Wildman–Crippen MR) is 59.9 cm³/mol. The molecule has 0 aromatic rings. The zero-order valence-corrected chi connectivity index (χ0v) is 10.4. The van der Waals surface area contributed by atoms with E-state index in [0.717, 1.165) is 4.90 Å². The second kappa shape index (κ2) is 4.62. The summed E-state index contributed by atoms with van der Waals surface area (Å²) in [4.78, 5) is 23.5. The van der Waals surface area contributed by atoms with Gasteiger partial charge in [0.2, 0.25) is 5.91 Å². The molecule has 1 amide bonds. The fraction of sp³-hybridized carbons (Fsp3) is 0.750. The van der Waals surface area contributed by atoms with Crippen molar-refractivity contribution in [3.05, 3.63) is 0 Å². The second-order valence-corrected chi connectivity index (χ2v) is 6.23. The Morgan fingerprint density at radius 1 is 1.56 bits per heavy atom. The van der Waals surface area contributed by atoms with Gasteiger partial charge < -0.3 is 10.0 Å². The van der Waals surface area contributed by atoms with Gasteiger partial charge >= 0.3 is 5.97 Å². The monoisotopic (exact) mass is 267 g/mol. The first-order valence-electron chi connectivity index (χ1n) is 4.63. The third-order valence-electron chi connectivity index (χ3n) is 2.39. The summed E-state index contributed by atoms with van der Waals surface area (Å²) in [5.41, 5.74) is 0. The molecule has 1 aliphatic rings. The highest BCUT2D eigenvalue weighted by Gasteiger charge is 2.43. The summed E-state index contributed by atoms with van der Waals surface area (Å²) < 4.78 is 22.6. The topological polar surface area (TPSA) is 91.8 Å². The molecule has 0 saturated carbocycles. The van der Waals surface area contributed by atoms with Gasteiger partial charge in [-0.1, -0.05) is 6.92 Å². The van der Waals surface area contributed by atoms with E-state index in [1.165, 1.54) is 0 Å². The van der Waals surface area contributed by atoms with Crippen molar-refractivity contribution in [2.75, 3.05) is 17.4 Å². The van der Waals surface area contributed by atoms with Crippen LogP contribution in [0.4, 0.5) is 0 Å². The lowest BCUT2D eigenvalue weighted by Crippen LogP contribution is -2.44. The maximum absolute atomic E-state index is 11.7. The molecular formula is C8H13NO5S2. The standard InChI is InChI=1S/C8H13NO5S2/c1-5(2-15)7(10)9-4-16(13,14)3-6(9)8(11)12/h5-6,15H,2-4H2,1H3,(H,11,12). The zero-order valence-electron chi connectivity index (χ0n) is 8.66. The number of aliphatic carboxylic acids is 1. The van der Waals surface area contributed by atoms with Crippen LogP contribution in [-0.2, 0) is 19.4 Å². The van der Waals surface area contributed by atoms with Gasteiger partial charge in [0.1, 0.15) is 11.9 Å². The number of hydrogen-bond acceptors (Lipinski definition) is 5. The van der Waals surface area contributed by atoms with Crippen molar-refractivity contribution < 1.29 is 23.1 Å². The number of hydrogen-bond donors (Lipinski definition) is 2. The Morgan fingerprint density at radius 3 is 2.56 bits per heavy atom. The molecule has 1 saturated heterocycles. The van der Waals surface area contributed by atoms with Gasteiger partial charge in [-0.15, -0.1) is 0 Å². The van der Waals surface area contributed by atoms with Crippen LogP contribution in [0.5, 0.6) is 0 Å². The molecule has 1 heterocycles. The molecule has 1 N–H and O–H groups in total. The van der Waals surface area contributed by atoms with Gasteiger partial charge in [0.15, 0.2) is 9.84 Å². The van der Waals surface area contributed by atoms with E-state index >= 15 is 0 Å². The molecule has 0 radical (unpaired) electrons. The van der Waals surface area contributed by atoms with Crippen LogP contribution in [0.2, 0.25) is 0 Å². The van der Waals surface area contributed by atoms with Gasteiger partial charge in [-0.3, -0.25) is 4.79 Å². The first-order chi connectivity index (χ1) is 7.28. The SMILES string of the molecule is CC(CS)C(=O)N1CS(=O)(=O)CC1C(=O)O. The van der Waals surface area contributed by atoms with E-state index in [0.29, 0.717) is 0 Å². The third kappa shape index (κ3) is 2.67. The fourth-order valence-corrected chi connectivity index (χ4v) is 3.26. The number of sulfone groups is 1. The normalized spacial score (nSPS) is 25.4. The molecule has 2 atom stereocenters. The Kier molecular flexibility index (Phi) is 3.84. The quantitative estimate of drug-likeness (QED) is 0.655. The van der Waals surface area contributed by atoms with E-state index < -0.39 is 45.3 Å². The van der Waals surface area contributed by atoms with Crippen molar-refractivity contribution >= 4 is 34.3 Å². The number of carboxylic acids is 1. The molecule has 6 nitrogen and oxygen atoms in total. The van der Waals surface area contributed by atoms with Crippen LogP contribution >= 0.6 is 12.6 Å². The molecule has 0 aromatic heterocycles. The van der Waals surface area contributed by atoms with Crippen LogP contribution in [0, 0.1) is 5.92 Å². The van der Waals surface area contributed by atoms with Crippen molar-refractivity contribution in [3.8, 4) is 0 Å². The van der Waals surface area contributed by atoms with Crippen LogP contribution < -0.4 is 0 Å². The van der Waals surface area contributed by atoms with E-state index in [2.05, 4.69) is 12.6 Å². The van der Waals surface area contributed by atoms with E-state index in [9.17, 15) is 18.0 Å². The molecular weight excluding hydrogens is 254 g/mol. The number of thiol groups is 1. The fourth-order valence-electron chi connectivity index (χ4n) is 1.47. The van der Waals surface area contributed by atoms with E-state index in [1.54, 1.807) is 6.92 Å². The van der Waals surface area contributed by atoms with Crippen molar-refractivity contribution in [2.24, 2.45) is 5.92 Å². The van der Waals surface area contributed by atoms with Crippen LogP contribution in [0.25, 0.3) is 0 Å². The minimum atomic E-state index is -3.48. The predicted octanol–water partition coefficient (Wildman–Crippen LogP) is -0.780. The van der Waals surface area contributed by atoms with Crippen LogP contribution in [0.1, 0.15) is 6.92 Å². The molecule has 0 aliphatic carbocycles. The molecule has 0 aromatic carbocycles. The number of rotatable bonds is 3. The number of carbonyl (C=O) groups excluding carboxylic acids is 1. The third-order valence-corrected chi connectivity index (χ3v) is 4.43. The van der Waals surface area contributed by atoms with Gasteiger partial charge in [0.25, 0.3) is 0 Å². The molecule has 1 fully saturated rings. The molecule has 0 spiro atoms. The lowest BCUT2D eigenvalue weighted by Gasteiger charge is -2.22. The highest BCUT2D eigenvalue weighted by Crippen LogP contribution is 2.19. The van der Waals surface area contributed by atoms with Gasteiger partial charge in [0.05, 0.1) is 5.75 Å². The minimum absolute atomic E-state index is 0.252. The Labute approximate surface area is 98.9 Å². The molecule has 1 rings (SSSR count). The highest BCUT2D eigenvalue weighted by molar-refractivity contribution is 7.91. The van der Waals surface area contributed by atoms with E-state index in [1.807, 2.05) is 0 Å². The summed E-state index contributed by atoms with van der Waals surface area (Å²) in [5.74, 6) is -3.03. The molecule has 1 aliphatic heterocycles. The lowest BCUT2D eigenvalue weighted by molar-refractivity contribution is -0.148. The second-order valence-electron chi connectivity index (χ2n) is 3.79. The van der Waals surface area contributed by atoms with Gasteiger partial charge in [0, 0.05) is 11.7 Å². The Morgan fingerprint density at radius 2 is 2.12 bits per heavy atom. The smallest absolute Gasteiger partial charge is 0.327 e. The summed E-state index contributed by atoms with van der Waals surface area (Å²) in [6, 6.07) is -1.26. The molecule has 0 bridgehead atoms. The highest BCUT2D eigenvalue weighted by atomic mass is 32.2. The van der Waals surface area contributed by atoms with Crippen molar-refractivity contribution in [1.29, 1.82) is 0 Å². The summed E-state index contributed by atoms with van der Waals surface area (Å²) >= 11 is 3.93. The van der Waals surface area contributed by atoms with E-state index in [-0.39, 0.29) is 5.75 Å². The summed E-state index contributed by atoms with van der Waals surface area (Å²) in [6.45, 7) is 1.58. The van der Waals surface area contributed by atoms with Crippen molar-refractivity contribution in [1.82, 2.24) is 4.90 Å². The number of nitrogens with zero attached hydrogens (tertiary/aromatic N) is 1. The summed E-state index contributed by atoms with van der Waals surface area (Å²) in [6.07, 6.45) is 0. The molecule has 8 heteroatoms. The van der Waals surface area contributed by atoms with Gasteiger partial charge in [-0.25, -0.2) is 13.2 Å². The average molecular weight is 267 g/mol. The Bertz CT molecular complexity index is 405. The number of carbonyl (C=O) groups is 2. The number of amides is 1. The molecule has 2 unspecified atom stereocenters. The van der Waals surface area contributed by atoms with Gasteiger partial charge in [-0.05, 0) is 0 Å². The van der Waals surface area contributed by atoms with Crippen LogP contribution in [0.3, 0.4) is 0 Å². The summed E-state index contributed by atoms with van der Waals surface area (Å²) in [5, 5.41) is 8.84. The number of carboxylic acid groups (broad SMARTS) is 1. The van der Waals surface area contributed by atoms with Crippen LogP contribution in [-0.4, -0.2) is 53.7 Å². The minimum Gasteiger partial charge on any atom is -0.480 e. The first-order valence-corrected chi connectivity index (χ1v) is 7.08. The zero-order chi connectivity index (χ0) is 12.5. The average Bonchev–Trinajstić information content (AvgIpc) is 2.52. The largest absolute Gasteiger partial charge is 0.480 e. The van der Waals surface area contributed by atoms with Crippen LogP contribution in [0.15, 0.2) is 0 Å². The lowest BCUT2D eigenvalue weighted by atomic mass is 10.1. The maximum atomic E-state index is 11.7. The molecule has 16 heavy (non-hydrogen) atoms. The molecule has 92 valence electrons.